The minimum absolute atomic E-state index is 0.00538. The quantitative estimate of drug-likeness (QED) is 0.674. The highest BCUT2D eigenvalue weighted by molar-refractivity contribution is 6.30. The van der Waals surface area contributed by atoms with Crippen LogP contribution in [0.5, 0.6) is 0 Å². The van der Waals surface area contributed by atoms with Gasteiger partial charge in [0.15, 0.2) is 5.69 Å². The van der Waals surface area contributed by atoms with Crippen molar-refractivity contribution in [1.82, 2.24) is 19.6 Å². The second-order valence-corrected chi connectivity index (χ2v) is 8.40. The largest absolute Gasteiger partial charge is 0.481 e. The summed E-state index contributed by atoms with van der Waals surface area (Å²) in [6.07, 6.45) is -4.71. The van der Waals surface area contributed by atoms with Crippen LogP contribution >= 0.6 is 11.6 Å². The van der Waals surface area contributed by atoms with Crippen LogP contribution < -0.4 is 0 Å². The summed E-state index contributed by atoms with van der Waals surface area (Å²) in [5, 5.41) is 12.8. The predicted molar refractivity (Wildman–Crippen MR) is 104 cm³/mol. The minimum Gasteiger partial charge on any atom is -0.481 e. The Morgan fingerprint density at radius 2 is 1.97 bits per heavy atom. The molecule has 2 aliphatic rings. The van der Waals surface area contributed by atoms with Crippen LogP contribution in [0.3, 0.4) is 0 Å². The average molecular weight is 475 g/mol. The molecule has 0 unspecified atom stereocenters. The van der Waals surface area contributed by atoms with Crippen molar-refractivity contribution in [2.45, 2.75) is 25.7 Å². The fraction of sp³-hybridized carbons (Fsp3) is 0.450. The van der Waals surface area contributed by atoms with Gasteiger partial charge in [0.1, 0.15) is 5.82 Å². The zero-order chi connectivity index (χ0) is 23.2. The number of carbonyl (C=O) groups is 2. The number of amides is 1. The summed E-state index contributed by atoms with van der Waals surface area (Å²) < 4.78 is 55.9. The van der Waals surface area contributed by atoms with Crippen molar-refractivity contribution in [1.29, 1.82) is 0 Å². The molecule has 172 valence electrons. The van der Waals surface area contributed by atoms with Gasteiger partial charge in [0, 0.05) is 35.8 Å². The van der Waals surface area contributed by atoms with E-state index in [1.54, 1.807) is 4.90 Å². The van der Waals surface area contributed by atoms with Gasteiger partial charge in [0.05, 0.1) is 31.2 Å². The molecule has 2 aliphatic heterocycles. The number of aliphatic carboxylic acids is 1. The zero-order valence-electron chi connectivity index (χ0n) is 16.7. The molecule has 0 bridgehead atoms. The first-order chi connectivity index (χ1) is 15.0. The third-order valence-corrected chi connectivity index (χ3v) is 6.00. The first kappa shape index (κ1) is 22.5. The molecule has 1 fully saturated rings. The lowest BCUT2D eigenvalue weighted by atomic mass is 10.00. The Kier molecular flexibility index (Phi) is 5.89. The number of nitrogens with zero attached hydrogens (tertiary/aromatic N) is 4. The second kappa shape index (κ2) is 8.36. The highest BCUT2D eigenvalue weighted by Crippen LogP contribution is 2.35. The van der Waals surface area contributed by atoms with Crippen molar-refractivity contribution in [3.8, 4) is 0 Å². The lowest BCUT2D eigenvalue weighted by Crippen LogP contribution is -2.54. The van der Waals surface area contributed by atoms with E-state index in [0.29, 0.717) is 0 Å². The topological polar surface area (TPSA) is 78.7 Å². The number of hydrogen-bond donors (Lipinski definition) is 1. The smallest absolute Gasteiger partial charge is 0.435 e. The molecule has 1 saturated heterocycles. The summed E-state index contributed by atoms with van der Waals surface area (Å²) in [6, 6.07) is 3.89. The van der Waals surface area contributed by atoms with Gasteiger partial charge in [0.2, 0.25) is 5.91 Å². The Labute approximate surface area is 185 Å². The molecule has 0 saturated carbocycles. The summed E-state index contributed by atoms with van der Waals surface area (Å²) in [6.45, 7) is 0.258. The fourth-order valence-electron chi connectivity index (χ4n) is 4.01. The van der Waals surface area contributed by atoms with E-state index in [1.165, 1.54) is 17.0 Å². The normalized spacial score (nSPS) is 17.2. The molecular formula is C20H19ClF4N4O3. The summed E-state index contributed by atoms with van der Waals surface area (Å²) in [7, 11) is 0. The first-order valence-electron chi connectivity index (χ1n) is 9.85. The molecule has 1 amide bonds. The summed E-state index contributed by atoms with van der Waals surface area (Å²) in [4.78, 5) is 26.7. The molecular weight excluding hydrogens is 456 g/mol. The second-order valence-electron chi connectivity index (χ2n) is 7.96. The van der Waals surface area contributed by atoms with Crippen LogP contribution in [0.15, 0.2) is 18.2 Å². The van der Waals surface area contributed by atoms with Crippen molar-refractivity contribution in [2.24, 2.45) is 5.92 Å². The molecule has 3 heterocycles. The highest BCUT2D eigenvalue weighted by atomic mass is 35.5. The van der Waals surface area contributed by atoms with Gasteiger partial charge in [0.25, 0.3) is 0 Å². The van der Waals surface area contributed by atoms with Crippen LogP contribution in [0.2, 0.25) is 5.02 Å². The van der Waals surface area contributed by atoms with Crippen LogP contribution in [-0.4, -0.2) is 62.7 Å². The summed E-state index contributed by atoms with van der Waals surface area (Å²) in [5.74, 6) is -2.40. The Bertz CT molecular complexity index is 1070. The maximum Gasteiger partial charge on any atom is 0.435 e. The van der Waals surface area contributed by atoms with Crippen molar-refractivity contribution in [3.05, 3.63) is 51.6 Å². The van der Waals surface area contributed by atoms with Gasteiger partial charge in [-0.25, -0.2) is 4.39 Å². The minimum atomic E-state index is -4.68. The number of halogens is 5. The number of aromatic nitrogens is 2. The van der Waals surface area contributed by atoms with E-state index < -0.39 is 29.6 Å². The molecule has 1 N–H and O–H groups in total. The number of hydrogen-bond acceptors (Lipinski definition) is 4. The molecule has 1 aromatic carbocycles. The van der Waals surface area contributed by atoms with Crippen molar-refractivity contribution in [2.75, 3.05) is 26.2 Å². The highest BCUT2D eigenvalue weighted by Gasteiger charge is 2.41. The Hall–Kier alpha value is -2.66. The zero-order valence-corrected chi connectivity index (χ0v) is 17.5. The Morgan fingerprint density at radius 3 is 2.59 bits per heavy atom. The molecule has 0 aliphatic carbocycles. The first-order valence-corrected chi connectivity index (χ1v) is 10.2. The van der Waals surface area contributed by atoms with E-state index in [0.717, 1.165) is 10.7 Å². The van der Waals surface area contributed by atoms with Gasteiger partial charge in [-0.2, -0.15) is 18.3 Å². The van der Waals surface area contributed by atoms with E-state index in [9.17, 15) is 27.2 Å². The van der Waals surface area contributed by atoms with Crippen LogP contribution in [0.25, 0.3) is 0 Å². The maximum absolute atomic E-state index is 14.2. The van der Waals surface area contributed by atoms with Crippen LogP contribution in [0.4, 0.5) is 17.6 Å². The van der Waals surface area contributed by atoms with E-state index in [2.05, 4.69) is 5.10 Å². The molecule has 2 aromatic rings. The van der Waals surface area contributed by atoms with Gasteiger partial charge in [-0.15, -0.1) is 0 Å². The van der Waals surface area contributed by atoms with Gasteiger partial charge in [-0.3, -0.25) is 19.2 Å². The molecule has 1 aromatic heterocycles. The maximum atomic E-state index is 14.2. The predicted octanol–water partition coefficient (Wildman–Crippen LogP) is 2.64. The lowest BCUT2D eigenvalue weighted by Gasteiger charge is -2.38. The SMILES string of the molecule is O=C(O)C1CN(CC(=O)N2CCc3c(C(F)(F)F)nn(Cc4ccc(Cl)cc4F)c3C2)C1. The number of rotatable bonds is 5. The number of benzene rings is 1. The van der Waals surface area contributed by atoms with E-state index in [1.807, 2.05) is 0 Å². The molecule has 4 rings (SSSR count). The Morgan fingerprint density at radius 1 is 1.25 bits per heavy atom. The number of carboxylic acid groups (broad SMARTS) is 1. The van der Waals surface area contributed by atoms with Gasteiger partial charge in [-0.05, 0) is 18.6 Å². The van der Waals surface area contributed by atoms with E-state index >= 15 is 0 Å². The number of likely N-dealkylation sites (tertiary alicyclic amines) is 1. The van der Waals surface area contributed by atoms with E-state index in [-0.39, 0.29) is 73.4 Å². The van der Waals surface area contributed by atoms with Gasteiger partial charge >= 0.3 is 12.1 Å². The third-order valence-electron chi connectivity index (χ3n) is 5.76. The molecule has 0 radical (unpaired) electrons. The molecule has 0 atom stereocenters. The number of fused-ring (bicyclic) bond motifs is 1. The van der Waals surface area contributed by atoms with Gasteiger partial charge in [-0.1, -0.05) is 17.7 Å². The monoisotopic (exact) mass is 474 g/mol. The van der Waals surface area contributed by atoms with Crippen LogP contribution in [0, 0.1) is 11.7 Å². The molecule has 7 nitrogen and oxygen atoms in total. The summed E-state index contributed by atoms with van der Waals surface area (Å²) in [5.41, 5.74) is -0.692. The molecule has 32 heavy (non-hydrogen) atoms. The summed E-state index contributed by atoms with van der Waals surface area (Å²) >= 11 is 5.75. The van der Waals surface area contributed by atoms with Crippen LogP contribution in [0.1, 0.15) is 22.5 Å². The van der Waals surface area contributed by atoms with Crippen molar-refractivity contribution < 1.29 is 32.3 Å². The van der Waals surface area contributed by atoms with Crippen molar-refractivity contribution >= 4 is 23.5 Å². The van der Waals surface area contributed by atoms with E-state index in [4.69, 9.17) is 16.7 Å². The average Bonchev–Trinajstić information content (AvgIpc) is 3.04. The standard InChI is InChI=1S/C20H19ClF4N4O3/c21-13-2-1-11(15(22)5-13)8-29-16-9-28(4-3-14(16)18(26-29)20(23,24)25)17(30)10-27-6-12(7-27)19(31)32/h1-2,5,12H,3-4,6-10H2,(H,31,32). The molecule has 12 heteroatoms. The van der Waals surface area contributed by atoms with Crippen molar-refractivity contribution in [3.63, 3.8) is 0 Å². The lowest BCUT2D eigenvalue weighted by molar-refractivity contribution is -0.150. The number of carbonyl (C=O) groups excluding carboxylic acids is 1. The molecule has 0 spiro atoms. The number of alkyl halides is 3. The third kappa shape index (κ3) is 4.44. The van der Waals surface area contributed by atoms with Crippen LogP contribution in [-0.2, 0) is 35.3 Å². The van der Waals surface area contributed by atoms with Gasteiger partial charge < -0.3 is 10.0 Å². The fourth-order valence-corrected chi connectivity index (χ4v) is 4.17. The number of carboxylic acids is 1. The Balaban J connectivity index is 1.55.